The second-order valence-corrected chi connectivity index (χ2v) is 7.44. The number of nitrogens with one attached hydrogen (secondary N) is 1. The van der Waals surface area contributed by atoms with Crippen molar-refractivity contribution >= 4 is 16.0 Å². The molecule has 1 rings (SSSR count). The van der Waals surface area contributed by atoms with Gasteiger partial charge in [0.05, 0.1) is 11.3 Å². The van der Waals surface area contributed by atoms with Crippen LogP contribution in [0.2, 0.25) is 0 Å². The van der Waals surface area contributed by atoms with Crippen molar-refractivity contribution in [1.29, 1.82) is 0 Å². The molecule has 118 valence electrons. The lowest BCUT2D eigenvalue weighted by atomic mass is 9.90. The van der Waals surface area contributed by atoms with Crippen molar-refractivity contribution in [1.82, 2.24) is 4.72 Å². The Kier molecular flexibility index (Phi) is 5.88. The molecule has 0 saturated heterocycles. The average Bonchev–Trinajstić information content (AvgIpc) is 2.37. The van der Waals surface area contributed by atoms with Gasteiger partial charge < -0.3 is 10.2 Å². The Balaban J connectivity index is 2.76. The highest BCUT2D eigenvalue weighted by molar-refractivity contribution is 7.89. The minimum atomic E-state index is -3.64. The summed E-state index contributed by atoms with van der Waals surface area (Å²) < 4.78 is 26.8. The second kappa shape index (κ2) is 7.02. The lowest BCUT2D eigenvalue weighted by Gasteiger charge is -2.23. The highest BCUT2D eigenvalue weighted by Gasteiger charge is 2.22. The van der Waals surface area contributed by atoms with Gasteiger partial charge >= 0.3 is 5.97 Å². The number of carboxylic acid groups (broad SMARTS) is 1. The van der Waals surface area contributed by atoms with Gasteiger partial charge in [0.2, 0.25) is 10.0 Å². The number of hydrogen-bond acceptors (Lipinski definition) is 4. The maximum absolute atomic E-state index is 12.1. The second-order valence-electron chi connectivity index (χ2n) is 5.68. The highest BCUT2D eigenvalue weighted by Crippen LogP contribution is 2.19. The van der Waals surface area contributed by atoms with Gasteiger partial charge in [-0.25, -0.2) is 13.1 Å². The van der Waals surface area contributed by atoms with Gasteiger partial charge in [-0.3, -0.25) is 4.79 Å². The molecule has 0 aromatic heterocycles. The number of sulfonamides is 1. The molecule has 3 N–H and O–H groups in total. The van der Waals surface area contributed by atoms with Gasteiger partial charge in [-0.15, -0.1) is 0 Å². The standard InChI is InChI=1S/C14H21NO5S/c1-14(2,7-8-16)10-15-21(19,20)12-5-3-11(4-6-12)9-13(17)18/h3-6,15-16H,7-10H2,1-2H3,(H,17,18). The van der Waals surface area contributed by atoms with Gasteiger partial charge in [0, 0.05) is 13.2 Å². The summed E-state index contributed by atoms with van der Waals surface area (Å²) in [6.07, 6.45) is 0.352. The van der Waals surface area contributed by atoms with Crippen LogP contribution in [0.1, 0.15) is 25.8 Å². The molecule has 0 heterocycles. The third-order valence-corrected chi connectivity index (χ3v) is 4.54. The molecule has 0 bridgehead atoms. The summed E-state index contributed by atoms with van der Waals surface area (Å²) in [5.41, 5.74) is 0.201. The number of carbonyl (C=O) groups is 1. The number of aliphatic carboxylic acids is 1. The molecule has 21 heavy (non-hydrogen) atoms. The molecule has 0 radical (unpaired) electrons. The third kappa shape index (κ3) is 5.82. The van der Waals surface area contributed by atoms with Crippen LogP contribution in [0.15, 0.2) is 29.2 Å². The minimum absolute atomic E-state index is 0.00138. The monoisotopic (exact) mass is 315 g/mol. The summed E-state index contributed by atoms with van der Waals surface area (Å²) >= 11 is 0. The quantitative estimate of drug-likeness (QED) is 0.664. The van der Waals surface area contributed by atoms with Gasteiger partial charge in [-0.05, 0) is 29.5 Å². The molecule has 0 saturated carbocycles. The first kappa shape index (κ1) is 17.6. The number of rotatable bonds is 8. The summed E-state index contributed by atoms with van der Waals surface area (Å²) in [5, 5.41) is 17.6. The topological polar surface area (TPSA) is 104 Å². The maximum atomic E-state index is 12.1. The Morgan fingerprint density at radius 1 is 1.24 bits per heavy atom. The predicted octanol–water partition coefficient (Wildman–Crippen LogP) is 1.00. The van der Waals surface area contributed by atoms with E-state index in [0.29, 0.717) is 12.0 Å². The highest BCUT2D eigenvalue weighted by atomic mass is 32.2. The summed E-state index contributed by atoms with van der Waals surface area (Å²) in [5.74, 6) is -0.963. The van der Waals surface area contributed by atoms with Crippen LogP contribution < -0.4 is 4.72 Å². The fourth-order valence-electron chi connectivity index (χ4n) is 1.73. The molecule has 6 nitrogen and oxygen atoms in total. The first-order valence-electron chi connectivity index (χ1n) is 6.57. The fraction of sp³-hybridized carbons (Fsp3) is 0.500. The van der Waals surface area contributed by atoms with E-state index in [-0.39, 0.29) is 29.9 Å². The van der Waals surface area contributed by atoms with Crippen LogP contribution in [-0.4, -0.2) is 37.8 Å². The maximum Gasteiger partial charge on any atom is 0.307 e. The molecule has 0 atom stereocenters. The summed E-state index contributed by atoms with van der Waals surface area (Å²) in [6, 6.07) is 5.75. The third-order valence-electron chi connectivity index (χ3n) is 3.12. The Morgan fingerprint density at radius 3 is 2.29 bits per heavy atom. The van der Waals surface area contributed by atoms with E-state index in [1.54, 1.807) is 0 Å². The molecule has 0 spiro atoms. The first-order chi connectivity index (χ1) is 9.66. The van der Waals surface area contributed by atoms with E-state index in [1.807, 2.05) is 13.8 Å². The molecule has 1 aromatic rings. The Hall–Kier alpha value is -1.44. The molecule has 0 aliphatic heterocycles. The van der Waals surface area contributed by atoms with E-state index in [1.165, 1.54) is 24.3 Å². The Morgan fingerprint density at radius 2 is 1.81 bits per heavy atom. The van der Waals surface area contributed by atoms with Crippen LogP contribution in [0.5, 0.6) is 0 Å². The predicted molar refractivity (Wildman–Crippen MR) is 78.5 cm³/mol. The van der Waals surface area contributed by atoms with Crippen LogP contribution in [0.3, 0.4) is 0 Å². The van der Waals surface area contributed by atoms with E-state index in [4.69, 9.17) is 10.2 Å². The Bertz CT molecular complexity index is 578. The smallest absolute Gasteiger partial charge is 0.307 e. The van der Waals surface area contributed by atoms with Gasteiger partial charge in [0.25, 0.3) is 0 Å². The number of aliphatic hydroxyl groups is 1. The van der Waals surface area contributed by atoms with Crippen LogP contribution in [-0.2, 0) is 21.2 Å². The number of hydrogen-bond donors (Lipinski definition) is 3. The van der Waals surface area contributed by atoms with E-state index in [9.17, 15) is 13.2 Å². The van der Waals surface area contributed by atoms with Crippen LogP contribution >= 0.6 is 0 Å². The summed E-state index contributed by atoms with van der Waals surface area (Å²) in [6.45, 7) is 3.94. The molecule has 0 aliphatic carbocycles. The van der Waals surface area contributed by atoms with Crippen molar-refractivity contribution in [2.45, 2.75) is 31.6 Å². The number of aliphatic hydroxyl groups excluding tert-OH is 1. The van der Waals surface area contributed by atoms with E-state index in [2.05, 4.69) is 4.72 Å². The zero-order valence-electron chi connectivity index (χ0n) is 12.2. The van der Waals surface area contributed by atoms with E-state index in [0.717, 1.165) is 0 Å². The molecule has 1 aromatic carbocycles. The van der Waals surface area contributed by atoms with Crippen LogP contribution in [0, 0.1) is 5.41 Å². The largest absolute Gasteiger partial charge is 0.481 e. The first-order valence-corrected chi connectivity index (χ1v) is 8.06. The van der Waals surface area contributed by atoms with E-state index < -0.39 is 16.0 Å². The summed E-state index contributed by atoms with van der Waals surface area (Å²) in [7, 11) is -3.64. The zero-order valence-corrected chi connectivity index (χ0v) is 13.0. The minimum Gasteiger partial charge on any atom is -0.481 e. The van der Waals surface area contributed by atoms with Crippen molar-refractivity contribution in [3.8, 4) is 0 Å². The van der Waals surface area contributed by atoms with Crippen molar-refractivity contribution < 1.29 is 23.4 Å². The lowest BCUT2D eigenvalue weighted by molar-refractivity contribution is -0.136. The molecule has 0 aliphatic rings. The summed E-state index contributed by atoms with van der Waals surface area (Å²) in [4.78, 5) is 10.7. The molecular weight excluding hydrogens is 294 g/mol. The van der Waals surface area contributed by atoms with Gasteiger partial charge in [0.1, 0.15) is 0 Å². The van der Waals surface area contributed by atoms with Crippen molar-refractivity contribution in [3.05, 3.63) is 29.8 Å². The van der Waals surface area contributed by atoms with Gasteiger partial charge in [-0.2, -0.15) is 0 Å². The average molecular weight is 315 g/mol. The fourth-order valence-corrected chi connectivity index (χ4v) is 2.97. The SMILES string of the molecule is CC(C)(CCO)CNS(=O)(=O)c1ccc(CC(=O)O)cc1. The van der Waals surface area contributed by atoms with Crippen molar-refractivity contribution in [3.63, 3.8) is 0 Å². The van der Waals surface area contributed by atoms with Crippen LogP contribution in [0.25, 0.3) is 0 Å². The molecule has 0 fully saturated rings. The molecule has 0 unspecified atom stereocenters. The molecular formula is C14H21NO5S. The number of benzene rings is 1. The van der Waals surface area contributed by atoms with Crippen molar-refractivity contribution in [2.24, 2.45) is 5.41 Å². The number of carboxylic acids is 1. The molecule has 7 heteroatoms. The van der Waals surface area contributed by atoms with Crippen molar-refractivity contribution in [2.75, 3.05) is 13.2 Å². The van der Waals surface area contributed by atoms with E-state index >= 15 is 0 Å². The van der Waals surface area contributed by atoms with Crippen LogP contribution in [0.4, 0.5) is 0 Å². The Labute approximate surface area is 124 Å². The van der Waals surface area contributed by atoms with Gasteiger partial charge in [-0.1, -0.05) is 26.0 Å². The molecule has 0 amide bonds. The normalized spacial score (nSPS) is 12.3. The zero-order chi connectivity index (χ0) is 16.1. The van der Waals surface area contributed by atoms with Gasteiger partial charge in [0.15, 0.2) is 0 Å². The lowest BCUT2D eigenvalue weighted by Crippen LogP contribution is -2.34.